The molecular weight excluding hydrogens is 318 g/mol. The molecule has 1 saturated carbocycles. The van der Waals surface area contributed by atoms with Crippen LogP contribution in [0.5, 0.6) is 5.75 Å². The van der Waals surface area contributed by atoms with Crippen molar-refractivity contribution in [2.75, 3.05) is 44.7 Å². The highest BCUT2D eigenvalue weighted by Gasteiger charge is 2.43. The molecule has 3 fully saturated rings. The molecule has 0 aromatic heterocycles. The zero-order chi connectivity index (χ0) is 17.4. The van der Waals surface area contributed by atoms with E-state index in [4.69, 9.17) is 4.74 Å². The molecule has 6 nitrogen and oxygen atoms in total. The summed E-state index contributed by atoms with van der Waals surface area (Å²) in [6.45, 7) is 3.60. The molecule has 0 N–H and O–H groups in total. The summed E-state index contributed by atoms with van der Waals surface area (Å²) < 4.78 is 5.44. The van der Waals surface area contributed by atoms with Crippen molar-refractivity contribution in [2.24, 2.45) is 5.92 Å². The van der Waals surface area contributed by atoms with Crippen LogP contribution in [-0.4, -0.2) is 67.5 Å². The van der Waals surface area contributed by atoms with Crippen LogP contribution < -0.4 is 9.64 Å². The minimum atomic E-state index is -0.147. The molecule has 6 heteroatoms. The second-order valence-electron chi connectivity index (χ2n) is 7.16. The molecule has 134 valence electrons. The Kier molecular flexibility index (Phi) is 4.27. The Labute approximate surface area is 148 Å². The van der Waals surface area contributed by atoms with E-state index in [9.17, 15) is 9.59 Å². The molecule has 3 aliphatic rings. The highest BCUT2D eigenvalue weighted by atomic mass is 16.5. The van der Waals surface area contributed by atoms with Crippen LogP contribution >= 0.6 is 0 Å². The molecule has 4 rings (SSSR count). The number of likely N-dealkylation sites (tertiary alicyclic amines) is 1. The molecule has 2 aliphatic heterocycles. The summed E-state index contributed by atoms with van der Waals surface area (Å²) >= 11 is 0. The minimum Gasteiger partial charge on any atom is -0.495 e. The third-order valence-electron chi connectivity index (χ3n) is 5.51. The fraction of sp³-hybridized carbons (Fsp3) is 0.579. The number of nitrogens with zero attached hydrogens (tertiary/aromatic N) is 3. The molecule has 1 atom stereocenters. The van der Waals surface area contributed by atoms with Crippen molar-refractivity contribution < 1.29 is 14.3 Å². The first-order chi connectivity index (χ1) is 12.2. The average molecular weight is 343 g/mol. The average Bonchev–Trinajstić information content (AvgIpc) is 3.43. The van der Waals surface area contributed by atoms with Gasteiger partial charge in [0.1, 0.15) is 5.75 Å². The van der Waals surface area contributed by atoms with Crippen LogP contribution in [-0.2, 0) is 9.59 Å². The Morgan fingerprint density at radius 1 is 1.12 bits per heavy atom. The predicted octanol–water partition coefficient (Wildman–Crippen LogP) is 1.35. The zero-order valence-electron chi connectivity index (χ0n) is 14.7. The van der Waals surface area contributed by atoms with E-state index in [0.717, 1.165) is 37.4 Å². The van der Waals surface area contributed by atoms with Gasteiger partial charge in [0.05, 0.1) is 18.7 Å². The summed E-state index contributed by atoms with van der Waals surface area (Å²) in [7, 11) is 1.68. The van der Waals surface area contributed by atoms with Gasteiger partial charge in [-0.05, 0) is 25.0 Å². The van der Waals surface area contributed by atoms with E-state index in [-0.39, 0.29) is 17.7 Å². The number of carbonyl (C=O) groups excluding carboxylic acids is 2. The van der Waals surface area contributed by atoms with Gasteiger partial charge in [-0.2, -0.15) is 0 Å². The van der Waals surface area contributed by atoms with Crippen LogP contribution in [0.3, 0.4) is 0 Å². The number of benzene rings is 1. The number of amides is 2. The van der Waals surface area contributed by atoms with Gasteiger partial charge in [0.2, 0.25) is 11.8 Å². The van der Waals surface area contributed by atoms with E-state index >= 15 is 0 Å². The number of ether oxygens (including phenoxy) is 1. The molecule has 1 aromatic rings. The lowest BCUT2D eigenvalue weighted by molar-refractivity contribution is -0.136. The van der Waals surface area contributed by atoms with Gasteiger partial charge in [-0.1, -0.05) is 12.1 Å². The van der Waals surface area contributed by atoms with E-state index in [1.54, 1.807) is 7.11 Å². The van der Waals surface area contributed by atoms with Gasteiger partial charge in [0.25, 0.3) is 0 Å². The van der Waals surface area contributed by atoms with Gasteiger partial charge in [0, 0.05) is 45.2 Å². The van der Waals surface area contributed by atoms with Crippen molar-refractivity contribution in [1.29, 1.82) is 0 Å². The Hall–Kier alpha value is -2.24. The number of hydrogen-bond donors (Lipinski definition) is 0. The Morgan fingerprint density at radius 2 is 1.84 bits per heavy atom. The SMILES string of the molecule is COc1ccccc1N1CCN(C(=O)C2CC(=O)N(C3CC3)C2)CC1. The van der Waals surface area contributed by atoms with Crippen molar-refractivity contribution in [2.45, 2.75) is 25.3 Å². The Balaban J connectivity index is 1.35. The zero-order valence-corrected chi connectivity index (χ0v) is 14.7. The van der Waals surface area contributed by atoms with E-state index in [1.165, 1.54) is 0 Å². The molecule has 1 unspecified atom stereocenters. The van der Waals surface area contributed by atoms with E-state index in [1.807, 2.05) is 28.0 Å². The molecule has 2 heterocycles. The monoisotopic (exact) mass is 343 g/mol. The molecule has 0 radical (unpaired) electrons. The summed E-state index contributed by atoms with van der Waals surface area (Å²) in [5.41, 5.74) is 1.08. The second kappa shape index (κ2) is 6.58. The Morgan fingerprint density at radius 3 is 2.52 bits per heavy atom. The first kappa shape index (κ1) is 16.2. The first-order valence-corrected chi connectivity index (χ1v) is 9.13. The van der Waals surface area contributed by atoms with Crippen molar-refractivity contribution >= 4 is 17.5 Å². The maximum absolute atomic E-state index is 12.8. The van der Waals surface area contributed by atoms with Crippen molar-refractivity contribution in [3.05, 3.63) is 24.3 Å². The molecule has 2 amide bonds. The summed E-state index contributed by atoms with van der Waals surface area (Å²) in [5.74, 6) is 1.03. The highest BCUT2D eigenvalue weighted by Crippen LogP contribution is 2.33. The molecule has 2 saturated heterocycles. The number of para-hydroxylation sites is 2. The summed E-state index contributed by atoms with van der Waals surface area (Å²) in [6, 6.07) is 8.40. The maximum atomic E-state index is 12.8. The van der Waals surface area contributed by atoms with Crippen LogP contribution in [0.4, 0.5) is 5.69 Å². The van der Waals surface area contributed by atoms with Gasteiger partial charge in [-0.15, -0.1) is 0 Å². The smallest absolute Gasteiger partial charge is 0.228 e. The fourth-order valence-electron chi connectivity index (χ4n) is 3.95. The standard InChI is InChI=1S/C19H25N3O3/c1-25-17-5-3-2-4-16(17)20-8-10-21(11-9-20)19(24)14-12-18(23)22(13-14)15-6-7-15/h2-5,14-15H,6-13H2,1H3. The normalized spacial score (nSPS) is 24.0. The molecule has 0 spiro atoms. The number of methoxy groups -OCH3 is 1. The minimum absolute atomic E-state index is 0.147. The predicted molar refractivity (Wildman–Crippen MR) is 94.6 cm³/mol. The number of carbonyl (C=O) groups is 2. The topological polar surface area (TPSA) is 53.1 Å². The van der Waals surface area contributed by atoms with Crippen LogP contribution in [0.2, 0.25) is 0 Å². The third kappa shape index (κ3) is 3.17. The Bertz CT molecular complexity index is 666. The van der Waals surface area contributed by atoms with Crippen molar-refractivity contribution in [3.63, 3.8) is 0 Å². The van der Waals surface area contributed by atoms with Gasteiger partial charge >= 0.3 is 0 Å². The largest absolute Gasteiger partial charge is 0.495 e. The van der Waals surface area contributed by atoms with Crippen LogP contribution in [0, 0.1) is 5.92 Å². The van der Waals surface area contributed by atoms with Crippen molar-refractivity contribution in [3.8, 4) is 5.75 Å². The second-order valence-corrected chi connectivity index (χ2v) is 7.16. The van der Waals surface area contributed by atoms with E-state index in [2.05, 4.69) is 11.0 Å². The molecule has 25 heavy (non-hydrogen) atoms. The lowest BCUT2D eigenvalue weighted by Crippen LogP contribution is -2.50. The number of rotatable bonds is 4. The fourth-order valence-corrected chi connectivity index (χ4v) is 3.95. The quantitative estimate of drug-likeness (QED) is 0.828. The number of anilines is 1. The number of piperazine rings is 1. The molecular formula is C19H25N3O3. The van der Waals surface area contributed by atoms with Crippen LogP contribution in [0.25, 0.3) is 0 Å². The van der Waals surface area contributed by atoms with E-state index < -0.39 is 0 Å². The summed E-state index contributed by atoms with van der Waals surface area (Å²) in [4.78, 5) is 31.0. The van der Waals surface area contributed by atoms with Crippen molar-refractivity contribution in [1.82, 2.24) is 9.80 Å². The highest BCUT2D eigenvalue weighted by molar-refractivity contribution is 5.89. The summed E-state index contributed by atoms with van der Waals surface area (Å²) in [6.07, 6.45) is 2.59. The van der Waals surface area contributed by atoms with E-state index in [0.29, 0.717) is 32.1 Å². The first-order valence-electron chi connectivity index (χ1n) is 9.13. The molecule has 0 bridgehead atoms. The molecule has 1 aromatic carbocycles. The van der Waals surface area contributed by atoms with Gasteiger partial charge < -0.3 is 19.4 Å². The van der Waals surface area contributed by atoms with Crippen LogP contribution in [0.15, 0.2) is 24.3 Å². The maximum Gasteiger partial charge on any atom is 0.228 e. The van der Waals surface area contributed by atoms with Gasteiger partial charge in [-0.3, -0.25) is 9.59 Å². The number of hydrogen-bond acceptors (Lipinski definition) is 4. The lowest BCUT2D eigenvalue weighted by Gasteiger charge is -2.37. The third-order valence-corrected chi connectivity index (χ3v) is 5.51. The van der Waals surface area contributed by atoms with Gasteiger partial charge in [0.15, 0.2) is 0 Å². The van der Waals surface area contributed by atoms with Gasteiger partial charge in [-0.25, -0.2) is 0 Å². The molecule has 1 aliphatic carbocycles. The summed E-state index contributed by atoms with van der Waals surface area (Å²) in [5, 5.41) is 0. The lowest BCUT2D eigenvalue weighted by atomic mass is 10.1. The van der Waals surface area contributed by atoms with Crippen LogP contribution in [0.1, 0.15) is 19.3 Å².